The van der Waals surface area contributed by atoms with Crippen LogP contribution in [-0.4, -0.2) is 9.97 Å². The van der Waals surface area contributed by atoms with Crippen LogP contribution in [0.2, 0.25) is 5.02 Å². The molecule has 0 spiro atoms. The summed E-state index contributed by atoms with van der Waals surface area (Å²) in [5.41, 5.74) is 3.14. The first-order valence-corrected chi connectivity index (χ1v) is 6.74. The molecule has 0 atom stereocenters. The van der Waals surface area contributed by atoms with Gasteiger partial charge >= 0.3 is 0 Å². The average Bonchev–Trinajstić information content (AvgIpc) is 2.78. The standard InChI is InChI=1S/C15H9ClN2S/c16-8-5-6-12-11(7-8)14-13(17-12)9-3-1-2-4-10(9)15(19)18-14/h1-7,17H,(H,18,19). The van der Waals surface area contributed by atoms with Crippen LogP contribution in [0.15, 0.2) is 42.5 Å². The van der Waals surface area contributed by atoms with Gasteiger partial charge in [0.15, 0.2) is 0 Å². The monoisotopic (exact) mass is 284 g/mol. The van der Waals surface area contributed by atoms with Gasteiger partial charge in [-0.25, -0.2) is 0 Å². The molecule has 0 unspecified atom stereocenters. The van der Waals surface area contributed by atoms with E-state index in [0.29, 0.717) is 0 Å². The minimum absolute atomic E-state index is 0.723. The van der Waals surface area contributed by atoms with Crippen LogP contribution in [0.4, 0.5) is 0 Å². The van der Waals surface area contributed by atoms with E-state index >= 15 is 0 Å². The van der Waals surface area contributed by atoms with Gasteiger partial charge in [-0.05, 0) is 18.2 Å². The molecule has 4 heteroatoms. The predicted octanol–water partition coefficient (Wildman–Crippen LogP) is 5.19. The van der Waals surface area contributed by atoms with E-state index in [2.05, 4.69) is 16.0 Å². The van der Waals surface area contributed by atoms with Gasteiger partial charge in [-0.3, -0.25) is 0 Å². The van der Waals surface area contributed by atoms with E-state index in [0.717, 1.165) is 42.4 Å². The van der Waals surface area contributed by atoms with Crippen LogP contribution in [0.1, 0.15) is 0 Å². The Morgan fingerprint density at radius 3 is 2.42 bits per heavy atom. The summed E-state index contributed by atoms with van der Waals surface area (Å²) in [5, 5.41) is 3.98. The van der Waals surface area contributed by atoms with Crippen molar-refractivity contribution in [3.8, 4) is 0 Å². The molecular weight excluding hydrogens is 276 g/mol. The molecule has 0 aliphatic heterocycles. The number of hydrogen-bond acceptors (Lipinski definition) is 1. The topological polar surface area (TPSA) is 31.6 Å². The molecule has 4 rings (SSSR count). The number of nitrogens with one attached hydrogen (secondary N) is 2. The second-order valence-corrected chi connectivity index (χ2v) is 5.41. The smallest absolute Gasteiger partial charge is 0.111 e. The lowest BCUT2D eigenvalue weighted by Crippen LogP contribution is -1.81. The van der Waals surface area contributed by atoms with E-state index in [-0.39, 0.29) is 0 Å². The molecule has 0 aliphatic rings. The van der Waals surface area contributed by atoms with Crippen molar-refractivity contribution in [3.05, 3.63) is 52.1 Å². The largest absolute Gasteiger partial charge is 0.353 e. The molecule has 19 heavy (non-hydrogen) atoms. The SMILES string of the molecule is S=c1[nH]c2c3cc(Cl)ccc3[nH]c2c2ccccc12. The minimum atomic E-state index is 0.723. The third-order valence-corrected chi connectivity index (χ3v) is 4.00. The number of halogens is 1. The number of pyridine rings is 1. The van der Waals surface area contributed by atoms with E-state index in [1.165, 1.54) is 0 Å². The number of H-pyrrole nitrogens is 2. The third-order valence-electron chi connectivity index (χ3n) is 3.44. The molecule has 2 N–H and O–H groups in total. The highest BCUT2D eigenvalue weighted by atomic mass is 35.5. The molecule has 2 aromatic carbocycles. The van der Waals surface area contributed by atoms with Crippen LogP contribution in [0.3, 0.4) is 0 Å². The Kier molecular flexibility index (Phi) is 2.22. The van der Waals surface area contributed by atoms with Gasteiger partial charge in [0, 0.05) is 26.7 Å². The van der Waals surface area contributed by atoms with Crippen molar-refractivity contribution in [2.75, 3.05) is 0 Å². The number of aromatic amines is 2. The maximum absolute atomic E-state index is 6.08. The van der Waals surface area contributed by atoms with Crippen molar-refractivity contribution >= 4 is 56.5 Å². The second-order valence-electron chi connectivity index (χ2n) is 4.56. The first-order valence-electron chi connectivity index (χ1n) is 5.96. The van der Waals surface area contributed by atoms with Crippen LogP contribution >= 0.6 is 23.8 Å². The number of hydrogen-bond donors (Lipinski definition) is 2. The Morgan fingerprint density at radius 1 is 0.842 bits per heavy atom. The fraction of sp³-hybridized carbons (Fsp3) is 0. The van der Waals surface area contributed by atoms with Crippen LogP contribution in [0, 0.1) is 4.64 Å². The molecule has 4 aromatic rings. The highest BCUT2D eigenvalue weighted by molar-refractivity contribution is 7.71. The Bertz CT molecular complexity index is 997. The fourth-order valence-electron chi connectivity index (χ4n) is 2.58. The number of aromatic nitrogens is 2. The Labute approximate surface area is 119 Å². The van der Waals surface area contributed by atoms with Gasteiger partial charge in [0.1, 0.15) is 4.64 Å². The molecule has 0 fully saturated rings. The molecule has 0 amide bonds. The summed E-state index contributed by atoms with van der Waals surface area (Å²) >= 11 is 11.5. The lowest BCUT2D eigenvalue weighted by molar-refractivity contribution is 1.42. The zero-order valence-corrected chi connectivity index (χ0v) is 11.4. The van der Waals surface area contributed by atoms with Gasteiger partial charge in [0.2, 0.25) is 0 Å². The van der Waals surface area contributed by atoms with Gasteiger partial charge in [0.25, 0.3) is 0 Å². The molecule has 0 saturated carbocycles. The van der Waals surface area contributed by atoms with Gasteiger partial charge in [-0.1, -0.05) is 48.1 Å². The van der Waals surface area contributed by atoms with Gasteiger partial charge in [-0.2, -0.15) is 0 Å². The molecular formula is C15H9ClN2S. The van der Waals surface area contributed by atoms with Crippen LogP contribution < -0.4 is 0 Å². The summed E-state index contributed by atoms with van der Waals surface area (Å²) in [6.45, 7) is 0. The first kappa shape index (κ1) is 11.0. The molecule has 2 nitrogen and oxygen atoms in total. The van der Waals surface area contributed by atoms with Crippen LogP contribution in [0.5, 0.6) is 0 Å². The first-order chi connectivity index (χ1) is 9.24. The minimum Gasteiger partial charge on any atom is -0.353 e. The van der Waals surface area contributed by atoms with Gasteiger partial charge < -0.3 is 9.97 Å². The quantitative estimate of drug-likeness (QED) is 0.428. The fourth-order valence-corrected chi connectivity index (χ4v) is 3.03. The summed E-state index contributed by atoms with van der Waals surface area (Å²) < 4.78 is 0.754. The maximum Gasteiger partial charge on any atom is 0.111 e. The van der Waals surface area contributed by atoms with Crippen molar-refractivity contribution in [2.45, 2.75) is 0 Å². The van der Waals surface area contributed by atoms with Gasteiger partial charge in [0.05, 0.1) is 11.0 Å². The summed E-state index contributed by atoms with van der Waals surface area (Å²) in [6, 6.07) is 14.0. The van der Waals surface area contributed by atoms with E-state index in [1.54, 1.807) is 0 Å². The summed E-state index contributed by atoms with van der Waals surface area (Å²) in [5.74, 6) is 0. The molecule has 0 saturated heterocycles. The van der Waals surface area contributed by atoms with Crippen molar-refractivity contribution in [1.29, 1.82) is 0 Å². The molecule has 0 radical (unpaired) electrons. The second kappa shape index (κ2) is 3.83. The Morgan fingerprint density at radius 2 is 1.58 bits per heavy atom. The van der Waals surface area contributed by atoms with E-state index in [1.807, 2.05) is 36.4 Å². The normalized spacial score (nSPS) is 11.6. The highest BCUT2D eigenvalue weighted by Crippen LogP contribution is 2.31. The lowest BCUT2D eigenvalue weighted by Gasteiger charge is -2.00. The Hall–Kier alpha value is -1.84. The lowest BCUT2D eigenvalue weighted by atomic mass is 10.1. The predicted molar refractivity (Wildman–Crippen MR) is 83.5 cm³/mol. The van der Waals surface area contributed by atoms with E-state index in [4.69, 9.17) is 23.8 Å². The number of fused-ring (bicyclic) bond motifs is 5. The zero-order valence-electron chi connectivity index (χ0n) is 9.83. The highest BCUT2D eigenvalue weighted by Gasteiger charge is 2.09. The van der Waals surface area contributed by atoms with Crippen molar-refractivity contribution in [3.63, 3.8) is 0 Å². The van der Waals surface area contributed by atoms with Crippen LogP contribution in [0.25, 0.3) is 32.7 Å². The molecule has 0 bridgehead atoms. The van der Waals surface area contributed by atoms with Crippen molar-refractivity contribution < 1.29 is 0 Å². The molecule has 0 aliphatic carbocycles. The van der Waals surface area contributed by atoms with E-state index in [9.17, 15) is 0 Å². The van der Waals surface area contributed by atoms with E-state index < -0.39 is 0 Å². The van der Waals surface area contributed by atoms with Crippen molar-refractivity contribution in [1.82, 2.24) is 9.97 Å². The van der Waals surface area contributed by atoms with Crippen molar-refractivity contribution in [2.24, 2.45) is 0 Å². The average molecular weight is 285 g/mol. The Balaban J connectivity index is 2.36. The van der Waals surface area contributed by atoms with Gasteiger partial charge in [-0.15, -0.1) is 0 Å². The molecule has 2 heterocycles. The third kappa shape index (κ3) is 1.52. The maximum atomic E-state index is 6.08. The number of rotatable bonds is 0. The molecule has 92 valence electrons. The summed E-state index contributed by atoms with van der Waals surface area (Å²) in [6.07, 6.45) is 0. The zero-order chi connectivity index (χ0) is 13.0. The summed E-state index contributed by atoms with van der Waals surface area (Å²) in [4.78, 5) is 6.75. The van der Waals surface area contributed by atoms with Crippen LogP contribution in [-0.2, 0) is 0 Å². The summed E-state index contributed by atoms with van der Waals surface area (Å²) in [7, 11) is 0. The molecule has 2 aromatic heterocycles. The number of benzene rings is 2.